The molecule has 126 valence electrons. The van der Waals surface area contributed by atoms with E-state index in [1.807, 2.05) is 12.3 Å². The summed E-state index contributed by atoms with van der Waals surface area (Å²) >= 11 is 1.71. The molecule has 0 radical (unpaired) electrons. The van der Waals surface area contributed by atoms with E-state index < -0.39 is 0 Å². The molecule has 6 heteroatoms. The van der Waals surface area contributed by atoms with Gasteiger partial charge < -0.3 is 0 Å². The highest BCUT2D eigenvalue weighted by Gasteiger charge is 2.18. The molecule has 4 heterocycles. The monoisotopic (exact) mass is 341 g/mol. The van der Waals surface area contributed by atoms with Gasteiger partial charge in [0.25, 0.3) is 0 Å². The molecule has 0 saturated carbocycles. The SMILES string of the molecule is Cc1nc2sccn2c1CN1CCCN(Cc2ccccn2)CC1. The number of hydrogen-bond donors (Lipinski definition) is 0. The van der Waals surface area contributed by atoms with Crippen LogP contribution in [0.15, 0.2) is 36.0 Å². The van der Waals surface area contributed by atoms with Gasteiger partial charge >= 0.3 is 0 Å². The maximum Gasteiger partial charge on any atom is 0.194 e. The number of rotatable bonds is 4. The molecule has 1 aliphatic rings. The van der Waals surface area contributed by atoms with Crippen LogP contribution in [0.25, 0.3) is 4.96 Å². The third-order valence-electron chi connectivity index (χ3n) is 4.73. The van der Waals surface area contributed by atoms with Gasteiger partial charge in [0, 0.05) is 44.0 Å². The van der Waals surface area contributed by atoms with Crippen molar-refractivity contribution in [2.45, 2.75) is 26.4 Å². The van der Waals surface area contributed by atoms with Crippen LogP contribution < -0.4 is 0 Å². The van der Waals surface area contributed by atoms with E-state index in [1.54, 1.807) is 11.3 Å². The van der Waals surface area contributed by atoms with Gasteiger partial charge in [-0.15, -0.1) is 11.3 Å². The first-order valence-corrected chi connectivity index (χ1v) is 9.43. The Morgan fingerprint density at radius 2 is 1.92 bits per heavy atom. The molecule has 0 N–H and O–H groups in total. The van der Waals surface area contributed by atoms with Crippen LogP contribution in [0.1, 0.15) is 23.5 Å². The second kappa shape index (κ2) is 7.01. The van der Waals surface area contributed by atoms with Crippen molar-refractivity contribution >= 4 is 16.3 Å². The van der Waals surface area contributed by atoms with Crippen molar-refractivity contribution in [2.24, 2.45) is 0 Å². The number of pyridine rings is 1. The lowest BCUT2D eigenvalue weighted by Gasteiger charge is -2.21. The molecular formula is C18H23N5S. The lowest BCUT2D eigenvalue weighted by molar-refractivity contribution is 0.243. The molecule has 3 aromatic rings. The van der Waals surface area contributed by atoms with Crippen LogP contribution in [0.5, 0.6) is 0 Å². The summed E-state index contributed by atoms with van der Waals surface area (Å²) in [7, 11) is 0. The molecule has 0 unspecified atom stereocenters. The van der Waals surface area contributed by atoms with Gasteiger partial charge in [0.2, 0.25) is 0 Å². The summed E-state index contributed by atoms with van der Waals surface area (Å²) < 4.78 is 2.25. The van der Waals surface area contributed by atoms with E-state index in [-0.39, 0.29) is 0 Å². The molecule has 0 aromatic carbocycles. The third-order valence-corrected chi connectivity index (χ3v) is 5.48. The Morgan fingerprint density at radius 1 is 1.08 bits per heavy atom. The van der Waals surface area contributed by atoms with Crippen LogP contribution in [-0.4, -0.2) is 50.3 Å². The van der Waals surface area contributed by atoms with E-state index in [0.717, 1.165) is 55.6 Å². The number of thiazole rings is 1. The predicted octanol–water partition coefficient (Wildman–Crippen LogP) is 2.81. The lowest BCUT2D eigenvalue weighted by Crippen LogP contribution is -2.30. The lowest BCUT2D eigenvalue weighted by atomic mass is 10.3. The molecule has 24 heavy (non-hydrogen) atoms. The first-order chi connectivity index (χ1) is 11.8. The van der Waals surface area contributed by atoms with Crippen molar-refractivity contribution in [2.75, 3.05) is 26.2 Å². The first-order valence-electron chi connectivity index (χ1n) is 8.55. The smallest absolute Gasteiger partial charge is 0.194 e. The van der Waals surface area contributed by atoms with Gasteiger partial charge in [-0.3, -0.25) is 19.2 Å². The fourth-order valence-electron chi connectivity index (χ4n) is 3.40. The summed E-state index contributed by atoms with van der Waals surface area (Å²) in [5.41, 5.74) is 3.67. The largest absolute Gasteiger partial charge is 0.296 e. The molecule has 4 rings (SSSR count). The minimum atomic E-state index is 0.954. The summed E-state index contributed by atoms with van der Waals surface area (Å²) in [5, 5.41) is 2.11. The number of hydrogen-bond acceptors (Lipinski definition) is 5. The Hall–Kier alpha value is -1.76. The fraction of sp³-hybridized carbons (Fsp3) is 0.444. The molecule has 3 aromatic heterocycles. The van der Waals surface area contributed by atoms with Crippen molar-refractivity contribution < 1.29 is 0 Å². The van der Waals surface area contributed by atoms with Gasteiger partial charge in [0.05, 0.1) is 17.1 Å². The van der Waals surface area contributed by atoms with E-state index in [0.29, 0.717) is 0 Å². The van der Waals surface area contributed by atoms with Crippen LogP contribution >= 0.6 is 11.3 Å². The van der Waals surface area contributed by atoms with Crippen molar-refractivity contribution in [3.8, 4) is 0 Å². The number of nitrogens with zero attached hydrogens (tertiary/aromatic N) is 5. The van der Waals surface area contributed by atoms with E-state index in [4.69, 9.17) is 0 Å². The van der Waals surface area contributed by atoms with Gasteiger partial charge in [-0.25, -0.2) is 4.98 Å². The minimum Gasteiger partial charge on any atom is -0.296 e. The van der Waals surface area contributed by atoms with Gasteiger partial charge in [-0.05, 0) is 38.6 Å². The number of aromatic nitrogens is 3. The minimum absolute atomic E-state index is 0.954. The van der Waals surface area contributed by atoms with E-state index in [1.165, 1.54) is 12.1 Å². The topological polar surface area (TPSA) is 36.7 Å². The highest BCUT2D eigenvalue weighted by atomic mass is 32.1. The van der Waals surface area contributed by atoms with Gasteiger partial charge in [0.1, 0.15) is 0 Å². The second-order valence-corrected chi connectivity index (χ2v) is 7.30. The third kappa shape index (κ3) is 3.36. The van der Waals surface area contributed by atoms with Crippen molar-refractivity contribution in [1.29, 1.82) is 0 Å². The van der Waals surface area contributed by atoms with Crippen LogP contribution in [0.3, 0.4) is 0 Å². The molecule has 5 nitrogen and oxygen atoms in total. The molecule has 0 bridgehead atoms. The summed E-state index contributed by atoms with van der Waals surface area (Å²) in [5.74, 6) is 0. The van der Waals surface area contributed by atoms with Gasteiger partial charge in [-0.1, -0.05) is 6.07 Å². The predicted molar refractivity (Wildman–Crippen MR) is 97.2 cm³/mol. The molecule has 0 amide bonds. The maximum atomic E-state index is 4.67. The zero-order chi connectivity index (χ0) is 16.4. The molecule has 0 atom stereocenters. The van der Waals surface area contributed by atoms with Crippen LogP contribution in [0, 0.1) is 6.92 Å². The Balaban J connectivity index is 1.40. The number of aryl methyl sites for hydroxylation is 1. The zero-order valence-corrected chi connectivity index (χ0v) is 14.9. The van der Waals surface area contributed by atoms with Crippen LogP contribution in [0.4, 0.5) is 0 Å². The molecule has 1 aliphatic heterocycles. The van der Waals surface area contributed by atoms with Crippen molar-refractivity contribution in [1.82, 2.24) is 24.2 Å². The van der Waals surface area contributed by atoms with Crippen molar-refractivity contribution in [3.63, 3.8) is 0 Å². The second-order valence-electron chi connectivity index (χ2n) is 6.43. The molecule has 1 saturated heterocycles. The summed E-state index contributed by atoms with van der Waals surface area (Å²) in [6.45, 7) is 8.56. The highest BCUT2D eigenvalue weighted by Crippen LogP contribution is 2.19. The highest BCUT2D eigenvalue weighted by molar-refractivity contribution is 7.15. The molecule has 0 aliphatic carbocycles. The molecular weight excluding hydrogens is 318 g/mol. The summed E-state index contributed by atoms with van der Waals surface area (Å²) in [6.07, 6.45) is 5.23. The van der Waals surface area contributed by atoms with E-state index in [9.17, 15) is 0 Å². The Labute approximate surface area is 146 Å². The molecule has 0 spiro atoms. The number of fused-ring (bicyclic) bond motifs is 1. The fourth-order valence-corrected chi connectivity index (χ4v) is 4.18. The molecule has 1 fully saturated rings. The van der Waals surface area contributed by atoms with E-state index in [2.05, 4.69) is 54.8 Å². The Morgan fingerprint density at radius 3 is 2.71 bits per heavy atom. The first kappa shape index (κ1) is 15.7. The number of imidazole rings is 1. The summed E-state index contributed by atoms with van der Waals surface area (Å²) in [6, 6.07) is 6.17. The van der Waals surface area contributed by atoms with Gasteiger partial charge in [-0.2, -0.15) is 0 Å². The Kier molecular flexibility index (Phi) is 4.60. The maximum absolute atomic E-state index is 4.67. The average molecular weight is 341 g/mol. The van der Waals surface area contributed by atoms with Crippen LogP contribution in [-0.2, 0) is 13.1 Å². The Bertz CT molecular complexity index is 794. The summed E-state index contributed by atoms with van der Waals surface area (Å²) in [4.78, 5) is 15.3. The average Bonchev–Trinajstić information content (AvgIpc) is 3.06. The van der Waals surface area contributed by atoms with E-state index >= 15 is 0 Å². The van der Waals surface area contributed by atoms with Crippen molar-refractivity contribution in [3.05, 3.63) is 53.1 Å². The van der Waals surface area contributed by atoms with Gasteiger partial charge in [0.15, 0.2) is 4.96 Å². The quantitative estimate of drug-likeness (QED) is 0.731. The zero-order valence-electron chi connectivity index (χ0n) is 14.1. The normalized spacial score (nSPS) is 17.4. The van der Waals surface area contributed by atoms with Crippen LogP contribution in [0.2, 0.25) is 0 Å². The standard InChI is InChI=1S/C18H23N5S/c1-15-17(23-11-12-24-18(23)20-15)14-22-8-4-7-21(9-10-22)13-16-5-2-3-6-19-16/h2-3,5-6,11-12H,4,7-10,13-14H2,1H3.